The van der Waals surface area contributed by atoms with Gasteiger partial charge in [0.1, 0.15) is 10.8 Å². The minimum Gasteiger partial charge on any atom is -0.372 e. The van der Waals surface area contributed by atoms with Crippen molar-refractivity contribution in [2.75, 3.05) is 12.4 Å². The van der Waals surface area contributed by atoms with E-state index < -0.39 is 4.92 Å². The number of aromatic nitrogens is 3. The molecule has 0 saturated heterocycles. The maximum Gasteiger partial charge on any atom is 0.269 e. The highest BCUT2D eigenvalue weighted by atomic mass is 32.2. The van der Waals surface area contributed by atoms with Crippen molar-refractivity contribution in [1.82, 2.24) is 14.4 Å². The molecule has 21 heavy (non-hydrogen) atoms. The molecule has 106 valence electrons. The Labute approximate surface area is 124 Å². The average Bonchev–Trinajstić information content (AvgIpc) is 2.96. The average molecular weight is 301 g/mol. The normalized spacial score (nSPS) is 10.7. The van der Waals surface area contributed by atoms with Crippen LogP contribution < -0.4 is 5.32 Å². The Balaban J connectivity index is 1.97. The summed E-state index contributed by atoms with van der Waals surface area (Å²) in [6.07, 6.45) is 5.40. The van der Waals surface area contributed by atoms with Crippen molar-refractivity contribution in [1.29, 1.82) is 0 Å². The van der Waals surface area contributed by atoms with Crippen LogP contribution in [0.1, 0.15) is 0 Å². The first-order valence-electron chi connectivity index (χ1n) is 6.11. The van der Waals surface area contributed by atoms with Gasteiger partial charge in [-0.05, 0) is 12.1 Å². The molecule has 2 heterocycles. The molecule has 1 aromatic carbocycles. The number of imidazole rings is 1. The summed E-state index contributed by atoms with van der Waals surface area (Å²) in [6, 6.07) is 6.37. The van der Waals surface area contributed by atoms with Gasteiger partial charge in [-0.3, -0.25) is 10.1 Å². The Morgan fingerprint density at radius 3 is 2.76 bits per heavy atom. The Morgan fingerprint density at radius 1 is 1.33 bits per heavy atom. The SMILES string of the molecule is CNc1cn2ccnc2c(Sc2ccc([N+](=O)[O-])cc2)n1. The molecule has 0 atom stereocenters. The van der Waals surface area contributed by atoms with Crippen LogP contribution in [-0.4, -0.2) is 26.3 Å². The molecule has 3 aromatic rings. The van der Waals surface area contributed by atoms with Gasteiger partial charge >= 0.3 is 0 Å². The second kappa shape index (κ2) is 5.41. The molecule has 2 aromatic heterocycles. The van der Waals surface area contributed by atoms with Gasteiger partial charge in [-0.1, -0.05) is 11.8 Å². The van der Waals surface area contributed by atoms with E-state index in [1.54, 1.807) is 25.4 Å². The van der Waals surface area contributed by atoms with E-state index in [4.69, 9.17) is 0 Å². The summed E-state index contributed by atoms with van der Waals surface area (Å²) in [7, 11) is 1.80. The summed E-state index contributed by atoms with van der Waals surface area (Å²) in [5.74, 6) is 0.727. The van der Waals surface area contributed by atoms with Crippen LogP contribution in [0, 0.1) is 10.1 Å². The molecule has 0 aliphatic carbocycles. The number of benzene rings is 1. The molecule has 0 bridgehead atoms. The van der Waals surface area contributed by atoms with Crippen molar-refractivity contribution in [2.45, 2.75) is 9.92 Å². The predicted octanol–water partition coefficient (Wildman–Crippen LogP) is 2.83. The maximum absolute atomic E-state index is 10.7. The van der Waals surface area contributed by atoms with Crippen molar-refractivity contribution in [2.24, 2.45) is 0 Å². The minimum atomic E-state index is -0.416. The van der Waals surface area contributed by atoms with E-state index in [9.17, 15) is 10.1 Å². The summed E-state index contributed by atoms with van der Waals surface area (Å²) < 4.78 is 1.88. The molecule has 3 rings (SSSR count). The van der Waals surface area contributed by atoms with Crippen molar-refractivity contribution >= 4 is 28.9 Å². The number of nitrogens with one attached hydrogen (secondary N) is 1. The van der Waals surface area contributed by atoms with Gasteiger partial charge in [0.25, 0.3) is 5.69 Å². The smallest absolute Gasteiger partial charge is 0.269 e. The van der Waals surface area contributed by atoms with E-state index in [0.29, 0.717) is 0 Å². The van der Waals surface area contributed by atoms with Gasteiger partial charge in [0.05, 0.1) is 11.1 Å². The van der Waals surface area contributed by atoms with E-state index in [-0.39, 0.29) is 5.69 Å². The summed E-state index contributed by atoms with van der Waals surface area (Å²) in [6.45, 7) is 0. The molecule has 1 N–H and O–H groups in total. The van der Waals surface area contributed by atoms with Crippen LogP contribution in [0.4, 0.5) is 11.5 Å². The van der Waals surface area contributed by atoms with Crippen LogP contribution in [0.25, 0.3) is 5.65 Å². The quantitative estimate of drug-likeness (QED) is 0.589. The largest absolute Gasteiger partial charge is 0.372 e. The molecular formula is C13H11N5O2S. The van der Waals surface area contributed by atoms with Gasteiger partial charge < -0.3 is 9.72 Å². The standard InChI is InChI=1S/C13H11N5O2S/c1-14-11-8-17-7-6-15-12(17)13(16-11)21-10-4-2-9(3-5-10)18(19)20/h2-8,14H,1H3. The number of anilines is 1. The van der Waals surface area contributed by atoms with Crippen LogP contribution >= 0.6 is 11.8 Å². The van der Waals surface area contributed by atoms with Crippen molar-refractivity contribution in [3.63, 3.8) is 0 Å². The lowest BCUT2D eigenvalue weighted by Gasteiger charge is -2.06. The van der Waals surface area contributed by atoms with Crippen LogP contribution in [-0.2, 0) is 0 Å². The molecule has 0 radical (unpaired) electrons. The third-order valence-electron chi connectivity index (χ3n) is 2.86. The number of fused-ring (bicyclic) bond motifs is 1. The highest BCUT2D eigenvalue weighted by molar-refractivity contribution is 7.99. The van der Waals surface area contributed by atoms with E-state index >= 15 is 0 Å². The number of nitrogens with zero attached hydrogens (tertiary/aromatic N) is 4. The summed E-state index contributed by atoms with van der Waals surface area (Å²) in [4.78, 5) is 19.9. The van der Waals surface area contributed by atoms with Gasteiger partial charge in [0.2, 0.25) is 0 Å². The van der Waals surface area contributed by atoms with Crippen molar-refractivity contribution < 1.29 is 4.92 Å². The van der Waals surface area contributed by atoms with Gasteiger partial charge in [-0.2, -0.15) is 0 Å². The van der Waals surface area contributed by atoms with E-state index in [1.165, 1.54) is 23.9 Å². The predicted molar refractivity (Wildman–Crippen MR) is 79.8 cm³/mol. The minimum absolute atomic E-state index is 0.0715. The Morgan fingerprint density at radius 2 is 2.10 bits per heavy atom. The van der Waals surface area contributed by atoms with Crippen molar-refractivity contribution in [3.8, 4) is 0 Å². The van der Waals surface area contributed by atoms with Gasteiger partial charge in [-0.15, -0.1) is 0 Å². The zero-order chi connectivity index (χ0) is 14.8. The molecule has 0 spiro atoms. The third kappa shape index (κ3) is 2.65. The van der Waals surface area contributed by atoms with Gasteiger partial charge in [-0.25, -0.2) is 9.97 Å². The summed E-state index contributed by atoms with van der Waals surface area (Å²) >= 11 is 1.41. The first-order valence-corrected chi connectivity index (χ1v) is 6.93. The Bertz CT molecular complexity index is 800. The van der Waals surface area contributed by atoms with Crippen molar-refractivity contribution in [3.05, 3.63) is 53.0 Å². The lowest BCUT2D eigenvalue weighted by atomic mass is 10.3. The van der Waals surface area contributed by atoms with E-state index in [0.717, 1.165) is 21.4 Å². The zero-order valence-corrected chi connectivity index (χ0v) is 11.9. The molecule has 8 heteroatoms. The first kappa shape index (κ1) is 13.4. The summed E-state index contributed by atoms with van der Waals surface area (Å²) in [5.41, 5.74) is 0.819. The second-order valence-electron chi connectivity index (χ2n) is 4.19. The molecule has 0 aliphatic heterocycles. The fourth-order valence-corrected chi connectivity index (χ4v) is 2.73. The molecule has 0 saturated carbocycles. The third-order valence-corrected chi connectivity index (χ3v) is 3.84. The number of hydrogen-bond donors (Lipinski definition) is 1. The zero-order valence-electron chi connectivity index (χ0n) is 11.1. The van der Waals surface area contributed by atoms with Crippen LogP contribution in [0.15, 0.2) is 52.8 Å². The van der Waals surface area contributed by atoms with E-state index in [1.807, 2.05) is 16.8 Å². The second-order valence-corrected chi connectivity index (χ2v) is 5.25. The summed E-state index contributed by atoms with van der Waals surface area (Å²) in [5, 5.41) is 14.4. The highest BCUT2D eigenvalue weighted by Gasteiger charge is 2.10. The topological polar surface area (TPSA) is 85.4 Å². The number of non-ortho nitro benzene ring substituents is 1. The van der Waals surface area contributed by atoms with Crippen LogP contribution in [0.2, 0.25) is 0 Å². The number of hydrogen-bond acceptors (Lipinski definition) is 6. The van der Waals surface area contributed by atoms with Crippen LogP contribution in [0.3, 0.4) is 0 Å². The van der Waals surface area contributed by atoms with E-state index in [2.05, 4.69) is 15.3 Å². The van der Waals surface area contributed by atoms with Gasteiger partial charge in [0, 0.05) is 36.5 Å². The fraction of sp³-hybridized carbons (Fsp3) is 0.0769. The fourth-order valence-electron chi connectivity index (χ4n) is 1.84. The molecule has 0 fully saturated rings. The number of nitro groups is 1. The molecule has 0 unspecified atom stereocenters. The molecule has 0 amide bonds. The Hall–Kier alpha value is -2.61. The van der Waals surface area contributed by atoms with Gasteiger partial charge in [0.15, 0.2) is 5.65 Å². The first-order chi connectivity index (χ1) is 10.2. The molecular weight excluding hydrogens is 290 g/mol. The lowest BCUT2D eigenvalue weighted by molar-refractivity contribution is -0.384. The molecule has 7 nitrogen and oxygen atoms in total. The monoisotopic (exact) mass is 301 g/mol. The molecule has 0 aliphatic rings. The highest BCUT2D eigenvalue weighted by Crippen LogP contribution is 2.30. The maximum atomic E-state index is 10.7. The Kier molecular flexibility index (Phi) is 3.44. The number of nitro benzene ring substituents is 1. The van der Waals surface area contributed by atoms with Crippen LogP contribution in [0.5, 0.6) is 0 Å². The number of rotatable bonds is 4. The lowest BCUT2D eigenvalue weighted by Crippen LogP contribution is -1.98.